The van der Waals surface area contributed by atoms with E-state index in [0.717, 1.165) is 11.1 Å². The van der Waals surface area contributed by atoms with Gasteiger partial charge in [0.1, 0.15) is 0 Å². The highest BCUT2D eigenvalue weighted by Crippen LogP contribution is 2.39. The Morgan fingerprint density at radius 3 is 1.86 bits per heavy atom. The van der Waals surface area contributed by atoms with Crippen LogP contribution in [0.5, 0.6) is 0 Å². The van der Waals surface area contributed by atoms with Crippen LogP contribution in [0.1, 0.15) is 0 Å². The molecule has 4 aromatic rings. The molecule has 4 rings (SSSR count). The maximum Gasteiger partial charge on any atom is 0.0588 e. The summed E-state index contributed by atoms with van der Waals surface area (Å²) in [5.74, 6) is 0. The van der Waals surface area contributed by atoms with Crippen LogP contribution in [0, 0.1) is 0 Å². The van der Waals surface area contributed by atoms with Crippen LogP contribution in [0.15, 0.2) is 60.7 Å². The Balaban J connectivity index is 2.32. The predicted molar refractivity (Wildman–Crippen MR) is 106 cm³/mol. The summed E-state index contributed by atoms with van der Waals surface area (Å²) < 4.78 is 2.14. The molecule has 0 unspecified atom stereocenters. The molecule has 0 heterocycles. The van der Waals surface area contributed by atoms with E-state index in [4.69, 9.17) is 5.73 Å². The summed E-state index contributed by atoms with van der Waals surface area (Å²) in [5, 5.41) is 7.29. The Labute approximate surface area is 143 Å². The van der Waals surface area contributed by atoms with Gasteiger partial charge in [-0.2, -0.15) is 0 Å². The standard InChI is InChI=1S/C19H15IN2/c1-22(20)19-11-17-12-6-2-4-8-14(12)18(21)10-16(17)13-7-3-5-9-15(13)19/h2-11H,21H2,1H3. The molecule has 0 fully saturated rings. The molecule has 0 aliphatic rings. The third kappa shape index (κ3) is 1.92. The van der Waals surface area contributed by atoms with Crippen LogP contribution in [-0.4, -0.2) is 7.05 Å². The van der Waals surface area contributed by atoms with E-state index in [-0.39, 0.29) is 0 Å². The van der Waals surface area contributed by atoms with Gasteiger partial charge in [0.2, 0.25) is 0 Å². The first-order chi connectivity index (χ1) is 10.7. The molecule has 0 radical (unpaired) electrons. The molecule has 0 aliphatic heterocycles. The summed E-state index contributed by atoms with van der Waals surface area (Å²) in [5.41, 5.74) is 8.36. The number of halogens is 1. The minimum Gasteiger partial charge on any atom is -0.398 e. The quantitative estimate of drug-likeness (QED) is 0.198. The van der Waals surface area contributed by atoms with E-state index >= 15 is 0 Å². The first-order valence-electron chi connectivity index (χ1n) is 7.19. The fraction of sp³-hybridized carbons (Fsp3) is 0.0526. The van der Waals surface area contributed by atoms with E-state index in [2.05, 4.69) is 87.6 Å². The van der Waals surface area contributed by atoms with Gasteiger partial charge in [0.15, 0.2) is 0 Å². The van der Waals surface area contributed by atoms with Crippen LogP contribution in [0.25, 0.3) is 32.3 Å². The Morgan fingerprint density at radius 2 is 1.23 bits per heavy atom. The van der Waals surface area contributed by atoms with Gasteiger partial charge in [-0.1, -0.05) is 48.5 Å². The van der Waals surface area contributed by atoms with Gasteiger partial charge in [-0.05, 0) is 33.7 Å². The largest absolute Gasteiger partial charge is 0.398 e. The van der Waals surface area contributed by atoms with Crippen LogP contribution in [-0.2, 0) is 0 Å². The van der Waals surface area contributed by atoms with Crippen molar-refractivity contribution in [3.05, 3.63) is 60.7 Å². The van der Waals surface area contributed by atoms with E-state index < -0.39 is 0 Å². The molecule has 4 aromatic carbocycles. The molecule has 0 aromatic heterocycles. The Hall–Kier alpha value is -2.01. The molecule has 0 saturated carbocycles. The summed E-state index contributed by atoms with van der Waals surface area (Å²) >= 11 is 2.33. The van der Waals surface area contributed by atoms with Crippen LogP contribution in [0.4, 0.5) is 11.4 Å². The van der Waals surface area contributed by atoms with Crippen molar-refractivity contribution >= 4 is 66.6 Å². The first-order valence-corrected chi connectivity index (χ1v) is 8.15. The molecule has 0 amide bonds. The molecular formula is C19H15IN2. The third-order valence-electron chi connectivity index (χ3n) is 4.22. The molecule has 0 saturated heterocycles. The van der Waals surface area contributed by atoms with Crippen molar-refractivity contribution in [2.45, 2.75) is 0 Å². The van der Waals surface area contributed by atoms with Gasteiger partial charge in [-0.3, -0.25) is 0 Å². The molecule has 22 heavy (non-hydrogen) atoms. The lowest BCUT2D eigenvalue weighted by Crippen LogP contribution is -2.00. The zero-order valence-electron chi connectivity index (χ0n) is 12.2. The molecule has 108 valence electrons. The fourth-order valence-electron chi connectivity index (χ4n) is 3.21. The Bertz CT molecular complexity index is 1020. The molecular weight excluding hydrogens is 383 g/mol. The number of rotatable bonds is 1. The molecule has 3 heteroatoms. The van der Waals surface area contributed by atoms with Crippen molar-refractivity contribution in [2.24, 2.45) is 0 Å². The number of anilines is 2. The van der Waals surface area contributed by atoms with Crippen LogP contribution in [0.3, 0.4) is 0 Å². The summed E-state index contributed by atoms with van der Waals surface area (Å²) in [7, 11) is 2.08. The van der Waals surface area contributed by atoms with Crippen molar-refractivity contribution in [3.8, 4) is 0 Å². The van der Waals surface area contributed by atoms with Crippen molar-refractivity contribution in [1.82, 2.24) is 0 Å². The number of nitrogens with two attached hydrogens (primary N) is 1. The summed E-state index contributed by atoms with van der Waals surface area (Å²) in [4.78, 5) is 0. The first kappa shape index (κ1) is 13.6. The topological polar surface area (TPSA) is 29.3 Å². The third-order valence-corrected chi connectivity index (χ3v) is 4.74. The van der Waals surface area contributed by atoms with E-state index in [1.807, 2.05) is 6.07 Å². The highest BCUT2D eigenvalue weighted by atomic mass is 127. The van der Waals surface area contributed by atoms with Gasteiger partial charge < -0.3 is 8.85 Å². The number of hydrogen-bond donors (Lipinski definition) is 1. The molecule has 2 N–H and O–H groups in total. The van der Waals surface area contributed by atoms with E-state index in [0.29, 0.717) is 0 Å². The van der Waals surface area contributed by atoms with Crippen LogP contribution < -0.4 is 8.85 Å². The summed E-state index contributed by atoms with van der Waals surface area (Å²) in [6, 6.07) is 21.3. The van der Waals surface area contributed by atoms with Gasteiger partial charge in [-0.25, -0.2) is 0 Å². The monoisotopic (exact) mass is 398 g/mol. The second kappa shape index (κ2) is 5.02. The second-order valence-electron chi connectivity index (χ2n) is 5.52. The molecule has 2 nitrogen and oxygen atoms in total. The minimum atomic E-state index is 0.837. The van der Waals surface area contributed by atoms with Gasteiger partial charge >= 0.3 is 0 Å². The smallest absolute Gasteiger partial charge is 0.0588 e. The van der Waals surface area contributed by atoms with Crippen molar-refractivity contribution < 1.29 is 0 Å². The molecule has 0 aliphatic carbocycles. The normalized spacial score (nSPS) is 11.4. The fourth-order valence-corrected chi connectivity index (χ4v) is 3.61. The Morgan fingerprint density at radius 1 is 0.727 bits per heavy atom. The molecule has 0 bridgehead atoms. The van der Waals surface area contributed by atoms with Crippen molar-refractivity contribution in [3.63, 3.8) is 0 Å². The average molecular weight is 398 g/mol. The van der Waals surface area contributed by atoms with Gasteiger partial charge in [-0.15, -0.1) is 0 Å². The number of nitrogens with zero attached hydrogens (tertiary/aromatic N) is 1. The maximum absolute atomic E-state index is 6.30. The van der Waals surface area contributed by atoms with Crippen molar-refractivity contribution in [1.29, 1.82) is 0 Å². The predicted octanol–water partition coefficient (Wildman–Crippen LogP) is 5.51. The lowest BCUT2D eigenvalue weighted by molar-refractivity contribution is 1.44. The Kier molecular flexibility index (Phi) is 3.11. The highest BCUT2D eigenvalue weighted by molar-refractivity contribution is 14.1. The van der Waals surface area contributed by atoms with E-state index in [1.165, 1.54) is 32.6 Å². The van der Waals surface area contributed by atoms with Gasteiger partial charge in [0, 0.05) is 23.5 Å². The summed E-state index contributed by atoms with van der Waals surface area (Å²) in [6.45, 7) is 0. The zero-order chi connectivity index (χ0) is 15.3. The number of hydrogen-bond acceptors (Lipinski definition) is 2. The number of fused-ring (bicyclic) bond motifs is 5. The molecule has 0 atom stereocenters. The number of benzene rings is 4. The maximum atomic E-state index is 6.30. The lowest BCUT2D eigenvalue weighted by Gasteiger charge is -2.17. The van der Waals surface area contributed by atoms with E-state index in [9.17, 15) is 0 Å². The van der Waals surface area contributed by atoms with E-state index in [1.54, 1.807) is 0 Å². The SMILES string of the molecule is CN(I)c1cc2c3ccccc3c(N)cc2c2ccccc12. The summed E-state index contributed by atoms with van der Waals surface area (Å²) in [6.07, 6.45) is 0. The lowest BCUT2D eigenvalue weighted by atomic mass is 9.95. The van der Waals surface area contributed by atoms with Gasteiger partial charge in [0.05, 0.1) is 28.6 Å². The number of nitrogen functional groups attached to an aromatic ring is 1. The van der Waals surface area contributed by atoms with Crippen LogP contribution >= 0.6 is 22.9 Å². The highest BCUT2D eigenvalue weighted by Gasteiger charge is 2.12. The average Bonchev–Trinajstić information content (AvgIpc) is 2.54. The molecule has 0 spiro atoms. The minimum absolute atomic E-state index is 0.837. The van der Waals surface area contributed by atoms with Crippen LogP contribution in [0.2, 0.25) is 0 Å². The van der Waals surface area contributed by atoms with Gasteiger partial charge in [0.25, 0.3) is 0 Å². The second-order valence-corrected chi connectivity index (χ2v) is 6.97. The zero-order valence-corrected chi connectivity index (χ0v) is 14.3. The van der Waals surface area contributed by atoms with Crippen molar-refractivity contribution in [2.75, 3.05) is 15.9 Å².